The highest BCUT2D eigenvalue weighted by Gasteiger charge is 2.46. The van der Waals surface area contributed by atoms with E-state index >= 15 is 0 Å². The zero-order valence-electron chi connectivity index (χ0n) is 10.2. The molecule has 100 valence electrons. The maximum atomic E-state index is 12.2. The van der Waals surface area contributed by atoms with E-state index in [4.69, 9.17) is 5.73 Å². The van der Waals surface area contributed by atoms with Gasteiger partial charge in [0.25, 0.3) is 0 Å². The van der Waals surface area contributed by atoms with E-state index in [1.807, 2.05) is 6.92 Å². The van der Waals surface area contributed by atoms with Crippen molar-refractivity contribution in [2.24, 2.45) is 0 Å². The Kier molecular flexibility index (Phi) is 3.31. The highest BCUT2D eigenvalue weighted by atomic mass is 32.2. The molecular weight excluding hydrogens is 254 g/mol. The lowest BCUT2D eigenvalue weighted by Gasteiger charge is -2.45. The number of anilines is 1. The van der Waals surface area contributed by atoms with Crippen LogP contribution >= 0.6 is 0 Å². The fourth-order valence-corrected chi connectivity index (χ4v) is 3.83. The Bertz CT molecular complexity index is 538. The van der Waals surface area contributed by atoms with Crippen molar-refractivity contribution in [1.29, 1.82) is 0 Å². The van der Waals surface area contributed by atoms with Crippen LogP contribution in [0.1, 0.15) is 19.8 Å². The van der Waals surface area contributed by atoms with E-state index in [9.17, 15) is 13.5 Å². The van der Waals surface area contributed by atoms with Gasteiger partial charge in [0.1, 0.15) is 10.7 Å². The van der Waals surface area contributed by atoms with Gasteiger partial charge in [0.05, 0.1) is 5.60 Å². The summed E-state index contributed by atoms with van der Waals surface area (Å²) in [5.74, 6) is -0.0107. The normalized spacial score (nSPS) is 19.4. The Morgan fingerprint density at radius 1 is 1.56 bits per heavy atom. The predicted molar refractivity (Wildman–Crippen MR) is 67.3 cm³/mol. The van der Waals surface area contributed by atoms with Crippen LogP contribution in [0.5, 0.6) is 0 Å². The topological polar surface area (TPSA) is 96.5 Å². The molecule has 0 atom stereocenters. The molecule has 1 fully saturated rings. The molecule has 1 aromatic heterocycles. The molecule has 0 amide bonds. The van der Waals surface area contributed by atoms with Gasteiger partial charge >= 0.3 is 0 Å². The average molecular weight is 271 g/mol. The van der Waals surface area contributed by atoms with Crippen molar-refractivity contribution in [3.63, 3.8) is 0 Å². The fourth-order valence-electron chi connectivity index (χ4n) is 2.16. The molecule has 3 N–H and O–H groups in total. The summed E-state index contributed by atoms with van der Waals surface area (Å²) in [7, 11) is -3.64. The summed E-state index contributed by atoms with van der Waals surface area (Å²) in [6.07, 6.45) is 2.86. The third-order valence-corrected chi connectivity index (χ3v) is 4.91. The van der Waals surface area contributed by atoms with Crippen molar-refractivity contribution < 1.29 is 13.5 Å². The SMILES string of the molecule is CCCC1(O)CN(S(=O)(=O)c2cccnc2N)C1. The fraction of sp³-hybridized carbons (Fsp3) is 0.545. The van der Waals surface area contributed by atoms with Gasteiger partial charge in [-0.3, -0.25) is 0 Å². The third-order valence-electron chi connectivity index (χ3n) is 3.07. The summed E-state index contributed by atoms with van der Waals surface area (Å²) in [5, 5.41) is 10.0. The Hall–Kier alpha value is -1.18. The molecule has 0 saturated carbocycles. The van der Waals surface area contributed by atoms with Crippen LogP contribution in [-0.2, 0) is 10.0 Å². The van der Waals surface area contributed by atoms with Crippen LogP contribution in [0, 0.1) is 0 Å². The molecule has 1 aromatic rings. The molecule has 0 unspecified atom stereocenters. The molecule has 6 nitrogen and oxygen atoms in total. The number of hydrogen-bond donors (Lipinski definition) is 2. The van der Waals surface area contributed by atoms with Gasteiger partial charge in [-0.1, -0.05) is 13.3 Å². The van der Waals surface area contributed by atoms with Crippen molar-refractivity contribution in [3.05, 3.63) is 18.3 Å². The Balaban J connectivity index is 2.19. The zero-order valence-corrected chi connectivity index (χ0v) is 11.0. The summed E-state index contributed by atoms with van der Waals surface area (Å²) in [5.41, 5.74) is 4.68. The monoisotopic (exact) mass is 271 g/mol. The van der Waals surface area contributed by atoms with E-state index in [0.717, 1.165) is 6.42 Å². The standard InChI is InChI=1S/C11H17N3O3S/c1-2-5-11(15)7-14(8-11)18(16,17)9-4-3-6-13-10(9)12/h3-4,6,15H,2,5,7-8H2,1H3,(H2,12,13). The highest BCUT2D eigenvalue weighted by molar-refractivity contribution is 7.89. The number of rotatable bonds is 4. The first-order chi connectivity index (χ1) is 8.39. The Morgan fingerprint density at radius 2 is 2.22 bits per heavy atom. The second-order valence-corrected chi connectivity index (χ2v) is 6.54. The maximum Gasteiger partial charge on any atom is 0.246 e. The first-order valence-electron chi connectivity index (χ1n) is 5.82. The highest BCUT2D eigenvalue weighted by Crippen LogP contribution is 2.32. The number of hydrogen-bond acceptors (Lipinski definition) is 5. The van der Waals surface area contributed by atoms with Gasteiger partial charge in [-0.05, 0) is 18.6 Å². The second kappa shape index (κ2) is 4.49. The van der Waals surface area contributed by atoms with Gasteiger partial charge in [0.2, 0.25) is 10.0 Å². The molecule has 0 spiro atoms. The lowest BCUT2D eigenvalue weighted by molar-refractivity contribution is -0.0653. The van der Waals surface area contributed by atoms with Crippen molar-refractivity contribution in [1.82, 2.24) is 9.29 Å². The van der Waals surface area contributed by atoms with Crippen molar-refractivity contribution in [2.75, 3.05) is 18.8 Å². The maximum absolute atomic E-state index is 12.2. The zero-order chi connectivity index (χ0) is 13.4. The van der Waals surface area contributed by atoms with E-state index in [-0.39, 0.29) is 23.8 Å². The van der Waals surface area contributed by atoms with Gasteiger partial charge in [0.15, 0.2) is 0 Å². The Labute approximate surface area is 106 Å². The number of aliphatic hydroxyl groups is 1. The molecule has 7 heteroatoms. The quantitative estimate of drug-likeness (QED) is 0.815. The molecule has 1 aliphatic rings. The minimum atomic E-state index is -3.64. The summed E-state index contributed by atoms with van der Waals surface area (Å²) in [6.45, 7) is 2.20. The molecule has 1 saturated heterocycles. The van der Waals surface area contributed by atoms with Crippen LogP contribution in [0.25, 0.3) is 0 Å². The lowest BCUT2D eigenvalue weighted by atomic mass is 9.92. The molecule has 0 aromatic carbocycles. The number of β-amino-alcohol motifs (C(OH)–C–C–N with tert-alkyl or cyclic N) is 1. The number of pyridine rings is 1. The Morgan fingerprint density at radius 3 is 2.78 bits per heavy atom. The molecule has 2 rings (SSSR count). The summed E-state index contributed by atoms with van der Waals surface area (Å²) < 4.78 is 25.7. The van der Waals surface area contributed by atoms with Gasteiger partial charge < -0.3 is 10.8 Å². The summed E-state index contributed by atoms with van der Waals surface area (Å²) in [6, 6.07) is 2.95. The van der Waals surface area contributed by atoms with Crippen molar-refractivity contribution >= 4 is 15.8 Å². The molecule has 1 aliphatic heterocycles. The number of nitrogens with zero attached hydrogens (tertiary/aromatic N) is 2. The molecule has 18 heavy (non-hydrogen) atoms. The first-order valence-corrected chi connectivity index (χ1v) is 7.26. The minimum Gasteiger partial charge on any atom is -0.387 e. The molecule has 0 aliphatic carbocycles. The molecule has 0 radical (unpaired) electrons. The van der Waals surface area contributed by atoms with Gasteiger partial charge in [0, 0.05) is 19.3 Å². The van der Waals surface area contributed by atoms with Crippen LogP contribution in [0.3, 0.4) is 0 Å². The van der Waals surface area contributed by atoms with E-state index < -0.39 is 15.6 Å². The molecule has 2 heterocycles. The van der Waals surface area contributed by atoms with Crippen LogP contribution in [-0.4, -0.2) is 41.5 Å². The average Bonchev–Trinajstić information content (AvgIpc) is 2.26. The smallest absolute Gasteiger partial charge is 0.246 e. The van der Waals surface area contributed by atoms with Gasteiger partial charge in [-0.15, -0.1) is 0 Å². The molecular formula is C11H17N3O3S. The van der Waals surface area contributed by atoms with Crippen LogP contribution in [0.4, 0.5) is 5.82 Å². The van der Waals surface area contributed by atoms with Crippen molar-refractivity contribution in [3.8, 4) is 0 Å². The summed E-state index contributed by atoms with van der Waals surface area (Å²) in [4.78, 5) is 3.77. The van der Waals surface area contributed by atoms with E-state index in [1.54, 1.807) is 0 Å². The van der Waals surface area contributed by atoms with E-state index in [0.29, 0.717) is 6.42 Å². The lowest BCUT2D eigenvalue weighted by Crippen LogP contribution is -2.63. The number of nitrogen functional groups attached to an aromatic ring is 1. The number of aromatic nitrogens is 1. The van der Waals surface area contributed by atoms with E-state index in [2.05, 4.69) is 4.98 Å². The largest absolute Gasteiger partial charge is 0.387 e. The third kappa shape index (κ3) is 2.21. The van der Waals surface area contributed by atoms with E-state index in [1.165, 1.54) is 22.6 Å². The molecule has 0 bridgehead atoms. The van der Waals surface area contributed by atoms with Gasteiger partial charge in [-0.2, -0.15) is 4.31 Å². The van der Waals surface area contributed by atoms with Crippen molar-refractivity contribution in [2.45, 2.75) is 30.3 Å². The number of sulfonamides is 1. The van der Waals surface area contributed by atoms with Crippen LogP contribution < -0.4 is 5.73 Å². The first kappa shape index (κ1) is 13.3. The minimum absolute atomic E-state index is 0.00329. The second-order valence-electron chi connectivity index (χ2n) is 4.63. The van der Waals surface area contributed by atoms with Crippen LogP contribution in [0.2, 0.25) is 0 Å². The van der Waals surface area contributed by atoms with Gasteiger partial charge in [-0.25, -0.2) is 13.4 Å². The predicted octanol–water partition coefficient (Wildman–Crippen LogP) is 0.199. The number of nitrogens with two attached hydrogens (primary N) is 1. The summed E-state index contributed by atoms with van der Waals surface area (Å²) >= 11 is 0. The van der Waals surface area contributed by atoms with Crippen LogP contribution in [0.15, 0.2) is 23.2 Å².